The van der Waals surface area contributed by atoms with E-state index in [4.69, 9.17) is 5.41 Å². The van der Waals surface area contributed by atoms with Crippen LogP contribution < -0.4 is 0 Å². The molecule has 1 aromatic rings. The second-order valence-corrected chi connectivity index (χ2v) is 3.73. The molecule has 1 aliphatic rings. The first-order valence-corrected chi connectivity index (χ1v) is 5.39. The molecule has 1 aliphatic carbocycles. The van der Waals surface area contributed by atoms with E-state index in [0.29, 0.717) is 5.71 Å². The van der Waals surface area contributed by atoms with Crippen LogP contribution in [0.5, 0.6) is 0 Å². The highest BCUT2D eigenvalue weighted by Crippen LogP contribution is 2.15. The van der Waals surface area contributed by atoms with Gasteiger partial charge in [0.1, 0.15) is 0 Å². The molecular formula is C14H15N. The van der Waals surface area contributed by atoms with E-state index in [2.05, 4.69) is 18.2 Å². The van der Waals surface area contributed by atoms with Gasteiger partial charge in [-0.1, -0.05) is 48.6 Å². The monoisotopic (exact) mass is 197 g/mol. The molecule has 0 fully saturated rings. The smallest absolute Gasteiger partial charge is 0.0681 e. The van der Waals surface area contributed by atoms with Crippen LogP contribution in [-0.2, 0) is 0 Å². The lowest BCUT2D eigenvalue weighted by Gasteiger charge is -2.04. The van der Waals surface area contributed by atoms with Crippen LogP contribution in [0, 0.1) is 5.41 Å². The normalized spacial score (nSPS) is 15.6. The minimum Gasteiger partial charge on any atom is -0.300 e. The first-order valence-electron chi connectivity index (χ1n) is 5.39. The maximum atomic E-state index is 8.10. The molecule has 0 heterocycles. The molecular weight excluding hydrogens is 182 g/mol. The number of rotatable bonds is 2. The molecule has 0 aliphatic heterocycles. The number of hydrogen-bond donors (Lipinski definition) is 1. The Balaban J connectivity index is 2.24. The highest BCUT2D eigenvalue weighted by atomic mass is 14.4. The van der Waals surface area contributed by atoms with Gasteiger partial charge in [-0.3, -0.25) is 5.41 Å². The summed E-state index contributed by atoms with van der Waals surface area (Å²) in [7, 11) is 0. The Morgan fingerprint density at radius 3 is 2.67 bits per heavy atom. The van der Waals surface area contributed by atoms with E-state index in [1.165, 1.54) is 6.42 Å². The van der Waals surface area contributed by atoms with Crippen molar-refractivity contribution in [2.45, 2.75) is 19.3 Å². The van der Waals surface area contributed by atoms with Crippen molar-refractivity contribution in [2.75, 3.05) is 0 Å². The Morgan fingerprint density at radius 2 is 1.87 bits per heavy atom. The number of hydrogen-bond acceptors (Lipinski definition) is 1. The third-order valence-electron chi connectivity index (χ3n) is 2.59. The Bertz CT molecular complexity index is 399. The molecule has 1 nitrogen and oxygen atoms in total. The zero-order valence-electron chi connectivity index (χ0n) is 8.74. The summed E-state index contributed by atoms with van der Waals surface area (Å²) >= 11 is 0. The topological polar surface area (TPSA) is 23.9 Å². The summed E-state index contributed by atoms with van der Waals surface area (Å²) in [6.07, 6.45) is 9.80. The summed E-state index contributed by atoms with van der Waals surface area (Å²) in [5.74, 6) is 0. The van der Waals surface area contributed by atoms with Gasteiger partial charge in [-0.25, -0.2) is 0 Å². The Labute approximate surface area is 90.7 Å². The molecule has 0 unspecified atom stereocenters. The van der Waals surface area contributed by atoms with Crippen LogP contribution in [0.15, 0.2) is 54.1 Å². The molecule has 0 amide bonds. The van der Waals surface area contributed by atoms with Crippen molar-refractivity contribution in [3.63, 3.8) is 0 Å². The summed E-state index contributed by atoms with van der Waals surface area (Å²) in [6, 6.07) is 9.91. The summed E-state index contributed by atoms with van der Waals surface area (Å²) in [4.78, 5) is 0. The van der Waals surface area contributed by atoms with Crippen LogP contribution in [0.4, 0.5) is 0 Å². The van der Waals surface area contributed by atoms with Crippen molar-refractivity contribution < 1.29 is 0 Å². The quantitative estimate of drug-likeness (QED) is 0.699. The molecule has 0 saturated carbocycles. The fourth-order valence-corrected chi connectivity index (χ4v) is 1.73. The van der Waals surface area contributed by atoms with Gasteiger partial charge in [-0.05, 0) is 30.4 Å². The average molecular weight is 197 g/mol. The van der Waals surface area contributed by atoms with Gasteiger partial charge in [-0.15, -0.1) is 0 Å². The van der Waals surface area contributed by atoms with Gasteiger partial charge in [0.05, 0.1) is 5.71 Å². The highest BCUT2D eigenvalue weighted by molar-refractivity contribution is 6.12. The lowest BCUT2D eigenvalue weighted by Crippen LogP contribution is -2.00. The van der Waals surface area contributed by atoms with Crippen LogP contribution in [0.1, 0.15) is 24.8 Å². The van der Waals surface area contributed by atoms with Gasteiger partial charge in [0.15, 0.2) is 0 Å². The second-order valence-electron chi connectivity index (χ2n) is 3.73. The van der Waals surface area contributed by atoms with Crippen LogP contribution in [0.25, 0.3) is 0 Å². The Morgan fingerprint density at radius 1 is 1.07 bits per heavy atom. The van der Waals surface area contributed by atoms with Gasteiger partial charge in [0.25, 0.3) is 0 Å². The third kappa shape index (κ3) is 2.44. The molecule has 0 radical (unpaired) electrons. The lowest BCUT2D eigenvalue weighted by molar-refractivity contribution is 0.875. The van der Waals surface area contributed by atoms with Crippen LogP contribution in [0.2, 0.25) is 0 Å². The first kappa shape index (κ1) is 9.91. The minimum atomic E-state index is 0.633. The predicted octanol–water partition coefficient (Wildman–Crippen LogP) is 3.72. The Hall–Kier alpha value is -1.63. The molecule has 1 N–H and O–H groups in total. The van der Waals surface area contributed by atoms with E-state index in [0.717, 1.165) is 24.0 Å². The largest absolute Gasteiger partial charge is 0.300 e. The summed E-state index contributed by atoms with van der Waals surface area (Å²) in [6.45, 7) is 0. The van der Waals surface area contributed by atoms with E-state index in [9.17, 15) is 0 Å². The molecule has 2 rings (SSSR count). The molecule has 0 spiro atoms. The number of allylic oxidation sites excluding steroid dienone is 4. The number of nitrogens with one attached hydrogen (secondary N) is 1. The zero-order chi connectivity index (χ0) is 10.5. The van der Waals surface area contributed by atoms with Crippen molar-refractivity contribution in [3.05, 3.63) is 59.7 Å². The van der Waals surface area contributed by atoms with Crippen molar-refractivity contribution in [1.29, 1.82) is 5.41 Å². The molecule has 1 aromatic carbocycles. The van der Waals surface area contributed by atoms with Gasteiger partial charge >= 0.3 is 0 Å². The first-order chi connectivity index (χ1) is 7.38. The minimum absolute atomic E-state index is 0.633. The molecule has 76 valence electrons. The number of benzene rings is 1. The zero-order valence-corrected chi connectivity index (χ0v) is 8.74. The van der Waals surface area contributed by atoms with E-state index in [-0.39, 0.29) is 0 Å². The van der Waals surface area contributed by atoms with E-state index >= 15 is 0 Å². The average Bonchev–Trinajstić information content (AvgIpc) is 2.58. The highest BCUT2D eigenvalue weighted by Gasteiger charge is 2.05. The van der Waals surface area contributed by atoms with Crippen LogP contribution >= 0.6 is 0 Å². The van der Waals surface area contributed by atoms with Gasteiger partial charge in [-0.2, -0.15) is 0 Å². The lowest BCUT2D eigenvalue weighted by atomic mass is 10.0. The molecule has 0 aromatic heterocycles. The Kier molecular flexibility index (Phi) is 3.13. The van der Waals surface area contributed by atoms with Gasteiger partial charge in [0, 0.05) is 0 Å². The molecule has 0 saturated heterocycles. The standard InChI is InChI=1S/C14H15N/c15-14(13-10-6-3-7-11-13)12-8-4-1-2-5-9-12/h3-4,6-11,15H,1-2,5H2. The summed E-state index contributed by atoms with van der Waals surface area (Å²) in [5, 5.41) is 8.10. The van der Waals surface area contributed by atoms with Crippen LogP contribution in [-0.4, -0.2) is 5.71 Å². The van der Waals surface area contributed by atoms with E-state index in [1.54, 1.807) is 0 Å². The second kappa shape index (κ2) is 4.74. The van der Waals surface area contributed by atoms with E-state index < -0.39 is 0 Å². The molecule has 1 heteroatoms. The van der Waals surface area contributed by atoms with Gasteiger partial charge in [0.2, 0.25) is 0 Å². The van der Waals surface area contributed by atoms with Crippen molar-refractivity contribution in [3.8, 4) is 0 Å². The molecule has 0 bridgehead atoms. The van der Waals surface area contributed by atoms with Crippen molar-refractivity contribution in [2.24, 2.45) is 0 Å². The SMILES string of the molecule is N=C(C1=CCCCC=C1)c1ccccc1. The summed E-state index contributed by atoms with van der Waals surface area (Å²) < 4.78 is 0. The molecule has 0 atom stereocenters. The fourth-order valence-electron chi connectivity index (χ4n) is 1.73. The third-order valence-corrected chi connectivity index (χ3v) is 2.59. The van der Waals surface area contributed by atoms with Gasteiger partial charge < -0.3 is 0 Å². The van der Waals surface area contributed by atoms with Crippen molar-refractivity contribution >= 4 is 5.71 Å². The maximum Gasteiger partial charge on any atom is 0.0681 e. The van der Waals surface area contributed by atoms with Crippen LogP contribution in [0.3, 0.4) is 0 Å². The maximum absolute atomic E-state index is 8.10. The fraction of sp³-hybridized carbons (Fsp3) is 0.214. The predicted molar refractivity (Wildman–Crippen MR) is 64.3 cm³/mol. The van der Waals surface area contributed by atoms with Crippen molar-refractivity contribution in [1.82, 2.24) is 0 Å². The summed E-state index contributed by atoms with van der Waals surface area (Å²) in [5.41, 5.74) is 2.68. The molecule has 15 heavy (non-hydrogen) atoms. The van der Waals surface area contributed by atoms with E-state index in [1.807, 2.05) is 30.3 Å².